The third kappa shape index (κ3) is 10.3. The normalized spacial score (nSPS) is 11.6. The maximum absolute atomic E-state index is 11.1. The Morgan fingerprint density at radius 3 is 2.61 bits per heavy atom. The first-order valence-electron chi connectivity index (χ1n) is 6.24. The number of nitrogens with one attached hydrogen (secondary N) is 1. The van der Waals surface area contributed by atoms with Crippen molar-refractivity contribution >= 4 is 5.97 Å². The van der Waals surface area contributed by atoms with Gasteiger partial charge in [-0.15, -0.1) is 0 Å². The summed E-state index contributed by atoms with van der Waals surface area (Å²) in [5, 5.41) is 3.23. The predicted octanol–water partition coefficient (Wildman–Crippen LogP) is 1.14. The zero-order chi connectivity index (χ0) is 13.6. The van der Waals surface area contributed by atoms with Crippen LogP contribution in [0.1, 0.15) is 19.8 Å². The molecule has 18 heavy (non-hydrogen) atoms. The Balaban J connectivity index is 3.28. The second-order valence-electron chi connectivity index (χ2n) is 3.90. The summed E-state index contributed by atoms with van der Waals surface area (Å²) in [5.74, 6) is -0.275. The van der Waals surface area contributed by atoms with Gasteiger partial charge in [-0.3, -0.25) is 0 Å². The van der Waals surface area contributed by atoms with E-state index < -0.39 is 0 Å². The summed E-state index contributed by atoms with van der Waals surface area (Å²) in [6.45, 7) is 5.42. The number of esters is 1. The summed E-state index contributed by atoms with van der Waals surface area (Å²) in [5.41, 5.74) is 0.632. The van der Waals surface area contributed by atoms with Gasteiger partial charge >= 0.3 is 5.97 Å². The summed E-state index contributed by atoms with van der Waals surface area (Å²) in [6, 6.07) is 0. The molecule has 0 fully saturated rings. The Labute approximate surface area is 109 Å². The van der Waals surface area contributed by atoms with Gasteiger partial charge in [0.15, 0.2) is 0 Å². The van der Waals surface area contributed by atoms with Gasteiger partial charge in [0, 0.05) is 25.8 Å². The van der Waals surface area contributed by atoms with Crippen LogP contribution in [0.2, 0.25) is 0 Å². The summed E-state index contributed by atoms with van der Waals surface area (Å²) in [4.78, 5) is 11.1. The van der Waals surface area contributed by atoms with E-state index in [0.29, 0.717) is 25.3 Å². The lowest BCUT2D eigenvalue weighted by molar-refractivity contribution is -0.136. The fraction of sp³-hybridized carbons (Fsp3) is 0.769. The molecule has 0 aromatic heterocycles. The minimum absolute atomic E-state index is 0.275. The lowest BCUT2D eigenvalue weighted by Gasteiger charge is -2.04. The molecule has 0 atom stereocenters. The van der Waals surface area contributed by atoms with Crippen molar-refractivity contribution in [2.24, 2.45) is 0 Å². The molecule has 0 saturated heterocycles. The molecule has 0 aromatic carbocycles. The van der Waals surface area contributed by atoms with Crippen molar-refractivity contribution in [1.82, 2.24) is 5.32 Å². The van der Waals surface area contributed by atoms with Gasteiger partial charge in [0.25, 0.3) is 0 Å². The average molecular weight is 259 g/mol. The number of unbranched alkanes of at least 4 members (excludes halogenated alkanes) is 1. The van der Waals surface area contributed by atoms with Crippen LogP contribution in [0.15, 0.2) is 11.6 Å². The molecule has 0 aliphatic heterocycles. The molecular formula is C13H25NO4. The van der Waals surface area contributed by atoms with Gasteiger partial charge in [-0.05, 0) is 26.3 Å². The lowest BCUT2D eigenvalue weighted by Crippen LogP contribution is -2.17. The Kier molecular flexibility index (Phi) is 11.9. The zero-order valence-electron chi connectivity index (χ0n) is 11.7. The number of rotatable bonds is 11. The van der Waals surface area contributed by atoms with E-state index >= 15 is 0 Å². The average Bonchev–Trinajstić information content (AvgIpc) is 2.39. The Hall–Kier alpha value is -0.910. The van der Waals surface area contributed by atoms with Crippen LogP contribution < -0.4 is 5.32 Å². The van der Waals surface area contributed by atoms with Crippen LogP contribution in [-0.4, -0.2) is 53.1 Å². The van der Waals surface area contributed by atoms with Crippen LogP contribution in [0.5, 0.6) is 0 Å². The van der Waals surface area contributed by atoms with Gasteiger partial charge in [-0.25, -0.2) is 4.79 Å². The van der Waals surface area contributed by atoms with Crippen molar-refractivity contribution in [3.05, 3.63) is 11.6 Å². The van der Waals surface area contributed by atoms with Crippen LogP contribution in [0.4, 0.5) is 0 Å². The largest absolute Gasteiger partial charge is 0.466 e. The highest BCUT2D eigenvalue weighted by atomic mass is 16.5. The van der Waals surface area contributed by atoms with E-state index in [0.717, 1.165) is 26.0 Å². The smallest absolute Gasteiger partial charge is 0.333 e. The quantitative estimate of drug-likeness (QED) is 0.342. The van der Waals surface area contributed by atoms with E-state index in [4.69, 9.17) is 9.47 Å². The first kappa shape index (κ1) is 17.1. The number of hydrogen-bond donors (Lipinski definition) is 1. The highest BCUT2D eigenvalue weighted by molar-refractivity contribution is 5.87. The maximum atomic E-state index is 11.1. The van der Waals surface area contributed by atoms with E-state index in [1.165, 1.54) is 7.11 Å². The van der Waals surface area contributed by atoms with Gasteiger partial charge in [0.1, 0.15) is 0 Å². The second-order valence-corrected chi connectivity index (χ2v) is 3.90. The lowest BCUT2D eigenvalue weighted by atomic mass is 10.3. The van der Waals surface area contributed by atoms with E-state index in [2.05, 4.69) is 10.1 Å². The van der Waals surface area contributed by atoms with E-state index in [1.54, 1.807) is 14.0 Å². The summed E-state index contributed by atoms with van der Waals surface area (Å²) in [7, 11) is 3.05. The minimum Gasteiger partial charge on any atom is -0.466 e. The first-order chi connectivity index (χ1) is 8.72. The number of carbonyl (C=O) groups is 1. The van der Waals surface area contributed by atoms with Gasteiger partial charge in [-0.1, -0.05) is 6.08 Å². The van der Waals surface area contributed by atoms with Crippen molar-refractivity contribution < 1.29 is 19.0 Å². The van der Waals surface area contributed by atoms with Crippen LogP contribution in [0.3, 0.4) is 0 Å². The molecule has 0 saturated carbocycles. The molecule has 0 radical (unpaired) electrons. The molecule has 1 N–H and O–H groups in total. The highest BCUT2D eigenvalue weighted by Crippen LogP contribution is 1.94. The molecule has 0 spiro atoms. The summed E-state index contributed by atoms with van der Waals surface area (Å²) in [6.07, 6.45) is 3.91. The van der Waals surface area contributed by atoms with Crippen molar-refractivity contribution in [2.45, 2.75) is 19.8 Å². The van der Waals surface area contributed by atoms with Gasteiger partial charge < -0.3 is 19.5 Å². The van der Waals surface area contributed by atoms with Crippen LogP contribution in [0.25, 0.3) is 0 Å². The Bertz CT molecular complexity index is 241. The Morgan fingerprint density at radius 2 is 1.94 bits per heavy atom. The molecule has 0 bridgehead atoms. The minimum atomic E-state index is -0.275. The van der Waals surface area contributed by atoms with Gasteiger partial charge in [0.2, 0.25) is 0 Å². The summed E-state index contributed by atoms with van der Waals surface area (Å²) >= 11 is 0. The third-order valence-electron chi connectivity index (χ3n) is 2.38. The molecule has 0 rings (SSSR count). The van der Waals surface area contributed by atoms with Gasteiger partial charge in [-0.2, -0.15) is 0 Å². The standard InChI is InChI=1S/C13H25NO4/c1-12(13(15)17-3)6-8-14-7-4-5-9-18-11-10-16-2/h6,14H,4-5,7-11H2,1-3H3/b12-6-. The fourth-order valence-corrected chi connectivity index (χ4v) is 1.27. The van der Waals surface area contributed by atoms with Crippen molar-refractivity contribution in [2.75, 3.05) is 47.1 Å². The van der Waals surface area contributed by atoms with Gasteiger partial charge in [0.05, 0.1) is 20.3 Å². The monoisotopic (exact) mass is 259 g/mol. The van der Waals surface area contributed by atoms with Crippen molar-refractivity contribution in [1.29, 1.82) is 0 Å². The second kappa shape index (κ2) is 12.5. The third-order valence-corrected chi connectivity index (χ3v) is 2.38. The van der Waals surface area contributed by atoms with E-state index in [9.17, 15) is 4.79 Å². The van der Waals surface area contributed by atoms with Crippen molar-refractivity contribution in [3.63, 3.8) is 0 Å². The van der Waals surface area contributed by atoms with Crippen LogP contribution in [0, 0.1) is 0 Å². The number of carbonyl (C=O) groups excluding carboxylic acids is 1. The molecule has 0 aromatic rings. The molecule has 0 aliphatic rings. The van der Waals surface area contributed by atoms with E-state index in [-0.39, 0.29) is 5.97 Å². The summed E-state index contributed by atoms with van der Waals surface area (Å²) < 4.78 is 14.8. The maximum Gasteiger partial charge on any atom is 0.333 e. The van der Waals surface area contributed by atoms with Crippen LogP contribution >= 0.6 is 0 Å². The van der Waals surface area contributed by atoms with Crippen LogP contribution in [-0.2, 0) is 19.0 Å². The molecule has 106 valence electrons. The molecule has 5 nitrogen and oxygen atoms in total. The fourth-order valence-electron chi connectivity index (χ4n) is 1.27. The van der Waals surface area contributed by atoms with Crippen molar-refractivity contribution in [3.8, 4) is 0 Å². The molecular weight excluding hydrogens is 234 g/mol. The molecule has 0 aliphatic carbocycles. The Morgan fingerprint density at radius 1 is 1.17 bits per heavy atom. The predicted molar refractivity (Wildman–Crippen MR) is 70.6 cm³/mol. The first-order valence-corrected chi connectivity index (χ1v) is 6.24. The molecule has 0 amide bonds. The number of hydrogen-bond acceptors (Lipinski definition) is 5. The molecule has 0 heterocycles. The highest BCUT2D eigenvalue weighted by Gasteiger charge is 2.00. The number of ether oxygens (including phenoxy) is 3. The topological polar surface area (TPSA) is 56.8 Å². The molecule has 5 heteroatoms. The SMILES string of the molecule is COCCOCCCCNC/C=C(/C)C(=O)OC. The van der Waals surface area contributed by atoms with E-state index in [1.807, 2.05) is 6.08 Å². The molecule has 0 unspecified atom stereocenters. The number of methoxy groups -OCH3 is 2. The zero-order valence-corrected chi connectivity index (χ0v) is 11.7.